The van der Waals surface area contributed by atoms with Gasteiger partial charge in [-0.1, -0.05) is 30.3 Å². The molecule has 1 saturated heterocycles. The monoisotopic (exact) mass is 408 g/mol. The highest BCUT2D eigenvalue weighted by Gasteiger charge is 2.45. The highest BCUT2D eigenvalue weighted by molar-refractivity contribution is 6.46. The zero-order chi connectivity index (χ0) is 21.8. The average Bonchev–Trinajstić information content (AvgIpc) is 2.97. The maximum atomic E-state index is 12.9. The highest BCUT2D eigenvalue weighted by atomic mass is 16.5. The molecular weight excluding hydrogens is 380 g/mol. The molecule has 2 aromatic rings. The zero-order valence-corrected chi connectivity index (χ0v) is 17.8. The SMILES string of the molecule is CC(C)Oc1ccc(/C(O)=C2/C(=O)C(=O)N(CCN(C)C)C2c2ccccc2)cc1. The molecular formula is C24H28N2O4. The third kappa shape index (κ3) is 4.54. The fourth-order valence-electron chi connectivity index (χ4n) is 3.52. The van der Waals surface area contributed by atoms with E-state index in [-0.39, 0.29) is 17.4 Å². The molecule has 1 fully saturated rings. The number of carbonyl (C=O) groups excluding carboxylic acids is 2. The van der Waals surface area contributed by atoms with Gasteiger partial charge in [-0.05, 0) is 57.8 Å². The molecule has 6 nitrogen and oxygen atoms in total. The first-order chi connectivity index (χ1) is 14.3. The van der Waals surface area contributed by atoms with E-state index in [4.69, 9.17) is 4.74 Å². The van der Waals surface area contributed by atoms with Crippen LogP contribution in [-0.4, -0.2) is 59.9 Å². The first-order valence-corrected chi connectivity index (χ1v) is 10.0. The number of amides is 1. The number of nitrogens with zero attached hydrogens (tertiary/aromatic N) is 2. The van der Waals surface area contributed by atoms with Crippen LogP contribution in [0.4, 0.5) is 0 Å². The van der Waals surface area contributed by atoms with Crippen LogP contribution in [0.25, 0.3) is 5.76 Å². The molecule has 0 aromatic heterocycles. The summed E-state index contributed by atoms with van der Waals surface area (Å²) in [5.41, 5.74) is 1.37. The van der Waals surface area contributed by atoms with E-state index < -0.39 is 17.7 Å². The van der Waals surface area contributed by atoms with Gasteiger partial charge in [0.05, 0.1) is 17.7 Å². The molecule has 1 aliphatic rings. The molecule has 1 aliphatic heterocycles. The number of likely N-dealkylation sites (tertiary alicyclic amines) is 1. The van der Waals surface area contributed by atoms with Crippen molar-refractivity contribution in [3.8, 4) is 5.75 Å². The average molecular weight is 408 g/mol. The molecule has 0 bridgehead atoms. The lowest BCUT2D eigenvalue weighted by Gasteiger charge is -2.26. The van der Waals surface area contributed by atoms with Gasteiger partial charge < -0.3 is 19.6 Å². The molecule has 0 spiro atoms. The summed E-state index contributed by atoms with van der Waals surface area (Å²) in [6, 6.07) is 15.6. The second-order valence-corrected chi connectivity index (χ2v) is 7.90. The molecule has 0 radical (unpaired) electrons. The summed E-state index contributed by atoms with van der Waals surface area (Å²) in [7, 11) is 3.82. The molecule has 2 aromatic carbocycles. The number of benzene rings is 2. The van der Waals surface area contributed by atoms with Crippen LogP contribution >= 0.6 is 0 Å². The Kier molecular flexibility index (Phi) is 6.57. The number of ketones is 1. The van der Waals surface area contributed by atoms with Crippen molar-refractivity contribution in [3.63, 3.8) is 0 Å². The Morgan fingerprint density at radius 3 is 2.27 bits per heavy atom. The van der Waals surface area contributed by atoms with Crippen molar-refractivity contribution in [2.45, 2.75) is 26.0 Å². The van der Waals surface area contributed by atoms with Crippen LogP contribution in [0.15, 0.2) is 60.2 Å². The Labute approximate surface area is 177 Å². The van der Waals surface area contributed by atoms with Gasteiger partial charge >= 0.3 is 0 Å². The summed E-state index contributed by atoms with van der Waals surface area (Å²) in [6.45, 7) is 4.86. The molecule has 1 atom stereocenters. The Balaban J connectivity index is 2.05. The number of Topliss-reactive ketones (excluding diaryl/α,β-unsaturated/α-hetero) is 1. The van der Waals surface area contributed by atoms with E-state index in [1.807, 2.05) is 63.2 Å². The van der Waals surface area contributed by atoms with Gasteiger partial charge in [-0.2, -0.15) is 0 Å². The van der Waals surface area contributed by atoms with Crippen LogP contribution in [0, 0.1) is 0 Å². The largest absolute Gasteiger partial charge is 0.507 e. The standard InChI is InChI=1S/C24H28N2O4/c1-16(2)30-19-12-10-18(11-13-19)22(27)20-21(17-8-6-5-7-9-17)26(15-14-25(3)4)24(29)23(20)28/h5-13,16,21,27H,14-15H2,1-4H3/b22-20-. The van der Waals surface area contributed by atoms with Crippen molar-refractivity contribution in [3.05, 3.63) is 71.3 Å². The summed E-state index contributed by atoms with van der Waals surface area (Å²) in [5.74, 6) is -0.757. The number of hydrogen-bond donors (Lipinski definition) is 1. The smallest absolute Gasteiger partial charge is 0.295 e. The van der Waals surface area contributed by atoms with E-state index in [1.54, 1.807) is 29.2 Å². The van der Waals surface area contributed by atoms with Gasteiger partial charge in [0.2, 0.25) is 0 Å². The number of aliphatic hydroxyl groups is 1. The number of aliphatic hydroxyl groups excluding tert-OH is 1. The zero-order valence-electron chi connectivity index (χ0n) is 17.8. The minimum absolute atomic E-state index is 0.0320. The van der Waals surface area contributed by atoms with Crippen LogP contribution in [-0.2, 0) is 9.59 Å². The van der Waals surface area contributed by atoms with E-state index in [0.29, 0.717) is 24.4 Å². The number of hydrogen-bond acceptors (Lipinski definition) is 5. The van der Waals surface area contributed by atoms with Gasteiger partial charge in [-0.3, -0.25) is 9.59 Å². The number of rotatable bonds is 7. The Bertz CT molecular complexity index is 933. The lowest BCUT2D eigenvalue weighted by Crippen LogP contribution is -2.35. The van der Waals surface area contributed by atoms with E-state index in [1.165, 1.54) is 0 Å². The Hall–Kier alpha value is -3.12. The van der Waals surface area contributed by atoms with Gasteiger partial charge in [0.25, 0.3) is 11.7 Å². The summed E-state index contributed by atoms with van der Waals surface area (Å²) in [5, 5.41) is 11.0. The summed E-state index contributed by atoms with van der Waals surface area (Å²) >= 11 is 0. The van der Waals surface area contributed by atoms with Crippen molar-refractivity contribution in [2.75, 3.05) is 27.2 Å². The van der Waals surface area contributed by atoms with Crippen LogP contribution in [0.3, 0.4) is 0 Å². The van der Waals surface area contributed by atoms with Crippen molar-refractivity contribution in [1.82, 2.24) is 9.80 Å². The number of likely N-dealkylation sites (N-methyl/N-ethyl adjacent to an activating group) is 1. The summed E-state index contributed by atoms with van der Waals surface area (Å²) in [4.78, 5) is 29.2. The molecule has 1 amide bonds. The summed E-state index contributed by atoms with van der Waals surface area (Å²) < 4.78 is 5.64. The van der Waals surface area contributed by atoms with Crippen molar-refractivity contribution < 1.29 is 19.4 Å². The fourth-order valence-corrected chi connectivity index (χ4v) is 3.52. The molecule has 30 heavy (non-hydrogen) atoms. The predicted molar refractivity (Wildman–Crippen MR) is 116 cm³/mol. The van der Waals surface area contributed by atoms with Crippen molar-refractivity contribution >= 4 is 17.4 Å². The first-order valence-electron chi connectivity index (χ1n) is 10.0. The predicted octanol–water partition coefficient (Wildman–Crippen LogP) is 3.46. The molecule has 6 heteroatoms. The van der Waals surface area contributed by atoms with Crippen LogP contribution in [0.2, 0.25) is 0 Å². The molecule has 1 unspecified atom stereocenters. The minimum Gasteiger partial charge on any atom is -0.507 e. The van der Waals surface area contributed by atoms with Crippen LogP contribution in [0.1, 0.15) is 31.0 Å². The quantitative estimate of drug-likeness (QED) is 0.432. The van der Waals surface area contributed by atoms with Gasteiger partial charge in [-0.15, -0.1) is 0 Å². The Morgan fingerprint density at radius 1 is 1.07 bits per heavy atom. The molecule has 158 valence electrons. The van der Waals surface area contributed by atoms with E-state index in [9.17, 15) is 14.7 Å². The van der Waals surface area contributed by atoms with Crippen molar-refractivity contribution in [2.24, 2.45) is 0 Å². The number of ether oxygens (including phenoxy) is 1. The van der Waals surface area contributed by atoms with Gasteiger partial charge in [-0.25, -0.2) is 0 Å². The normalized spacial score (nSPS) is 18.5. The van der Waals surface area contributed by atoms with E-state index in [0.717, 1.165) is 5.56 Å². The van der Waals surface area contributed by atoms with E-state index >= 15 is 0 Å². The molecule has 0 aliphatic carbocycles. The third-order valence-corrected chi connectivity index (χ3v) is 4.94. The molecule has 3 rings (SSSR count). The third-order valence-electron chi connectivity index (χ3n) is 4.94. The second kappa shape index (κ2) is 9.13. The highest BCUT2D eigenvalue weighted by Crippen LogP contribution is 2.39. The first kappa shape index (κ1) is 21.6. The Morgan fingerprint density at radius 2 is 1.70 bits per heavy atom. The van der Waals surface area contributed by atoms with E-state index in [2.05, 4.69) is 0 Å². The minimum atomic E-state index is -0.664. The lowest BCUT2D eigenvalue weighted by atomic mass is 9.95. The van der Waals surface area contributed by atoms with Crippen molar-refractivity contribution in [1.29, 1.82) is 0 Å². The molecule has 0 saturated carbocycles. The molecule has 1 N–H and O–H groups in total. The maximum Gasteiger partial charge on any atom is 0.295 e. The maximum absolute atomic E-state index is 12.9. The fraction of sp³-hybridized carbons (Fsp3) is 0.333. The van der Waals surface area contributed by atoms with Gasteiger partial charge in [0, 0.05) is 18.7 Å². The lowest BCUT2D eigenvalue weighted by molar-refractivity contribution is -0.140. The van der Waals surface area contributed by atoms with Gasteiger partial charge in [0.15, 0.2) is 0 Å². The van der Waals surface area contributed by atoms with Crippen LogP contribution < -0.4 is 4.74 Å². The second-order valence-electron chi connectivity index (χ2n) is 7.90. The summed E-state index contributed by atoms with van der Waals surface area (Å²) in [6.07, 6.45) is 0.0320. The van der Waals surface area contributed by atoms with Gasteiger partial charge in [0.1, 0.15) is 11.5 Å². The number of carbonyl (C=O) groups is 2. The van der Waals surface area contributed by atoms with Crippen LogP contribution in [0.5, 0.6) is 5.75 Å². The topological polar surface area (TPSA) is 70.1 Å². The molecule has 1 heterocycles.